The molecule has 0 atom stereocenters. The fourth-order valence-corrected chi connectivity index (χ4v) is 2.51. The van der Waals surface area contributed by atoms with Crippen molar-refractivity contribution in [2.75, 3.05) is 14.2 Å². The van der Waals surface area contributed by atoms with Gasteiger partial charge in [0.05, 0.1) is 25.6 Å². The molecule has 118 valence electrons. The summed E-state index contributed by atoms with van der Waals surface area (Å²) in [5, 5.41) is 3.14. The highest BCUT2D eigenvalue weighted by Gasteiger charge is 2.10. The van der Waals surface area contributed by atoms with Crippen LogP contribution < -0.4 is 15.0 Å². The average molecular weight is 310 g/mol. The number of aromatic amines is 1. The third kappa shape index (κ3) is 2.85. The summed E-state index contributed by atoms with van der Waals surface area (Å²) in [6.45, 7) is 1.99. The number of H-pyrrole nitrogens is 1. The summed E-state index contributed by atoms with van der Waals surface area (Å²) in [7, 11) is 3.18. The third-order valence-electron chi connectivity index (χ3n) is 3.67. The number of nitrogens with one attached hydrogen (secondary N) is 1. The summed E-state index contributed by atoms with van der Waals surface area (Å²) in [6.07, 6.45) is 0. The zero-order chi connectivity index (χ0) is 16.4. The second kappa shape index (κ2) is 6.04. The molecule has 2 aromatic carbocycles. The van der Waals surface area contributed by atoms with Crippen LogP contribution in [0.5, 0.6) is 11.5 Å². The lowest BCUT2D eigenvalue weighted by molar-refractivity contribution is 0.355. The van der Waals surface area contributed by atoms with Gasteiger partial charge in [-0.25, -0.2) is 4.68 Å². The number of nitrogens with zero attached hydrogens (tertiary/aromatic N) is 1. The first-order valence-corrected chi connectivity index (χ1v) is 7.24. The van der Waals surface area contributed by atoms with Gasteiger partial charge >= 0.3 is 0 Å². The van der Waals surface area contributed by atoms with E-state index in [1.54, 1.807) is 20.3 Å². The Morgan fingerprint density at radius 1 is 0.957 bits per heavy atom. The fourth-order valence-electron chi connectivity index (χ4n) is 2.51. The van der Waals surface area contributed by atoms with Crippen LogP contribution in [0, 0.1) is 6.92 Å². The van der Waals surface area contributed by atoms with Crippen LogP contribution in [0.15, 0.2) is 53.3 Å². The van der Waals surface area contributed by atoms with Crippen LogP contribution in [0.3, 0.4) is 0 Å². The molecule has 0 aliphatic rings. The van der Waals surface area contributed by atoms with Crippen molar-refractivity contribution in [3.05, 3.63) is 64.4 Å². The maximum absolute atomic E-state index is 12.3. The largest absolute Gasteiger partial charge is 0.493 e. The van der Waals surface area contributed by atoms with Crippen LogP contribution in [-0.2, 0) is 0 Å². The topological polar surface area (TPSA) is 56.2 Å². The minimum absolute atomic E-state index is 0.111. The Balaban J connectivity index is 2.06. The van der Waals surface area contributed by atoms with Crippen molar-refractivity contribution in [3.63, 3.8) is 0 Å². The van der Waals surface area contributed by atoms with Crippen molar-refractivity contribution in [1.29, 1.82) is 0 Å². The summed E-state index contributed by atoms with van der Waals surface area (Å²) >= 11 is 0. The van der Waals surface area contributed by atoms with Gasteiger partial charge in [-0.2, -0.15) is 0 Å². The third-order valence-corrected chi connectivity index (χ3v) is 3.67. The number of aryl methyl sites for hydroxylation is 1. The van der Waals surface area contributed by atoms with Crippen LogP contribution in [0.25, 0.3) is 16.9 Å². The van der Waals surface area contributed by atoms with Crippen molar-refractivity contribution in [2.45, 2.75) is 6.92 Å². The monoisotopic (exact) mass is 310 g/mol. The molecule has 0 saturated carbocycles. The van der Waals surface area contributed by atoms with E-state index in [1.165, 1.54) is 4.68 Å². The zero-order valence-corrected chi connectivity index (χ0v) is 13.3. The molecule has 5 nitrogen and oxygen atoms in total. The number of ether oxygens (including phenoxy) is 2. The Hall–Kier alpha value is -2.95. The smallest absolute Gasteiger partial charge is 0.271 e. The van der Waals surface area contributed by atoms with Crippen molar-refractivity contribution >= 4 is 0 Å². The highest BCUT2D eigenvalue weighted by atomic mass is 16.5. The first-order valence-electron chi connectivity index (χ1n) is 7.24. The molecule has 0 spiro atoms. The summed E-state index contributed by atoms with van der Waals surface area (Å²) in [4.78, 5) is 12.3. The SMILES string of the molecule is COc1ccc(-c2cc(=O)n(-c3cccc(C)c3)[nH]2)cc1OC. The molecule has 0 saturated heterocycles. The molecule has 0 bridgehead atoms. The molecular formula is C18H18N2O3. The first kappa shape index (κ1) is 15.0. The second-order valence-corrected chi connectivity index (χ2v) is 5.25. The molecule has 0 aliphatic carbocycles. The van der Waals surface area contributed by atoms with E-state index in [1.807, 2.05) is 49.4 Å². The van der Waals surface area contributed by atoms with Gasteiger partial charge in [0, 0.05) is 11.6 Å². The highest BCUT2D eigenvalue weighted by Crippen LogP contribution is 2.31. The van der Waals surface area contributed by atoms with Crippen LogP contribution in [-0.4, -0.2) is 24.0 Å². The van der Waals surface area contributed by atoms with Crippen LogP contribution in [0.2, 0.25) is 0 Å². The Kier molecular flexibility index (Phi) is 3.93. The van der Waals surface area contributed by atoms with Crippen LogP contribution in [0.4, 0.5) is 0 Å². The lowest BCUT2D eigenvalue weighted by Crippen LogP contribution is -2.13. The predicted octanol–water partition coefficient (Wildman–Crippen LogP) is 3.16. The summed E-state index contributed by atoms with van der Waals surface area (Å²) in [6, 6.07) is 14.9. The maximum atomic E-state index is 12.3. The normalized spacial score (nSPS) is 10.6. The van der Waals surface area contributed by atoms with E-state index < -0.39 is 0 Å². The number of hydrogen-bond donors (Lipinski definition) is 1. The second-order valence-electron chi connectivity index (χ2n) is 5.25. The molecule has 1 heterocycles. The van der Waals surface area contributed by atoms with Gasteiger partial charge in [0.15, 0.2) is 11.5 Å². The summed E-state index contributed by atoms with van der Waals surface area (Å²) in [5.41, 5.74) is 3.36. The fraction of sp³-hybridized carbons (Fsp3) is 0.167. The molecule has 0 amide bonds. The van der Waals surface area contributed by atoms with Crippen LogP contribution >= 0.6 is 0 Å². The molecule has 0 radical (unpaired) electrons. The highest BCUT2D eigenvalue weighted by molar-refractivity contribution is 5.64. The van der Waals surface area contributed by atoms with Gasteiger partial charge < -0.3 is 9.47 Å². The Morgan fingerprint density at radius 2 is 1.74 bits per heavy atom. The lowest BCUT2D eigenvalue weighted by atomic mass is 10.1. The van der Waals surface area contributed by atoms with E-state index in [-0.39, 0.29) is 5.56 Å². The predicted molar refractivity (Wildman–Crippen MR) is 89.7 cm³/mol. The number of hydrogen-bond acceptors (Lipinski definition) is 3. The van der Waals surface area contributed by atoms with Crippen molar-refractivity contribution in [3.8, 4) is 28.4 Å². The van der Waals surface area contributed by atoms with Gasteiger partial charge in [-0.05, 0) is 42.8 Å². The van der Waals surface area contributed by atoms with Gasteiger partial charge in [0.25, 0.3) is 5.56 Å². The number of benzene rings is 2. The quantitative estimate of drug-likeness (QED) is 0.805. The minimum atomic E-state index is -0.111. The lowest BCUT2D eigenvalue weighted by Gasteiger charge is -2.09. The van der Waals surface area contributed by atoms with Gasteiger partial charge in [0.2, 0.25) is 0 Å². The minimum Gasteiger partial charge on any atom is -0.493 e. The molecule has 0 fully saturated rings. The Morgan fingerprint density at radius 3 is 2.43 bits per heavy atom. The maximum Gasteiger partial charge on any atom is 0.271 e. The number of rotatable bonds is 4. The molecule has 1 N–H and O–H groups in total. The van der Waals surface area contributed by atoms with Gasteiger partial charge in [-0.15, -0.1) is 0 Å². The average Bonchev–Trinajstić information content (AvgIpc) is 2.96. The van der Waals surface area contributed by atoms with E-state index in [2.05, 4.69) is 5.10 Å². The molecule has 3 rings (SSSR count). The first-order chi connectivity index (χ1) is 11.1. The zero-order valence-electron chi connectivity index (χ0n) is 13.3. The van der Waals surface area contributed by atoms with Crippen molar-refractivity contribution in [2.24, 2.45) is 0 Å². The van der Waals surface area contributed by atoms with Gasteiger partial charge in [-0.1, -0.05) is 12.1 Å². The summed E-state index contributed by atoms with van der Waals surface area (Å²) < 4.78 is 12.1. The van der Waals surface area contributed by atoms with Gasteiger partial charge in [0.1, 0.15) is 0 Å². The number of methoxy groups -OCH3 is 2. The van der Waals surface area contributed by atoms with Crippen molar-refractivity contribution < 1.29 is 9.47 Å². The van der Waals surface area contributed by atoms with E-state index in [0.717, 1.165) is 22.5 Å². The molecule has 0 aliphatic heterocycles. The number of aromatic nitrogens is 2. The molecule has 3 aromatic rings. The van der Waals surface area contributed by atoms with Crippen LogP contribution in [0.1, 0.15) is 5.56 Å². The Bertz CT molecular complexity index is 893. The van der Waals surface area contributed by atoms with Gasteiger partial charge in [-0.3, -0.25) is 9.89 Å². The molecule has 0 unspecified atom stereocenters. The standard InChI is InChI=1S/C18H18N2O3/c1-12-5-4-6-14(9-12)20-18(21)11-15(19-20)13-7-8-16(22-2)17(10-13)23-3/h4-11,19H,1-3H3. The van der Waals surface area contributed by atoms with E-state index in [4.69, 9.17) is 9.47 Å². The van der Waals surface area contributed by atoms with E-state index in [0.29, 0.717) is 11.5 Å². The molecule has 23 heavy (non-hydrogen) atoms. The van der Waals surface area contributed by atoms with E-state index >= 15 is 0 Å². The van der Waals surface area contributed by atoms with E-state index in [9.17, 15) is 4.79 Å². The van der Waals surface area contributed by atoms with Crippen molar-refractivity contribution in [1.82, 2.24) is 9.78 Å². The molecule has 1 aromatic heterocycles. The summed E-state index contributed by atoms with van der Waals surface area (Å²) in [5.74, 6) is 1.27. The molecule has 5 heteroatoms. The molecular weight excluding hydrogens is 292 g/mol. The Labute approximate surface area is 134 Å².